The van der Waals surface area contributed by atoms with Crippen molar-refractivity contribution in [3.8, 4) is 0 Å². The summed E-state index contributed by atoms with van der Waals surface area (Å²) in [6.07, 6.45) is 4.65. The molecule has 1 heterocycles. The van der Waals surface area contributed by atoms with E-state index in [1.165, 1.54) is 4.90 Å². The van der Waals surface area contributed by atoms with Crippen LogP contribution >= 0.6 is 0 Å². The first-order valence-electron chi connectivity index (χ1n) is 9.23. The van der Waals surface area contributed by atoms with Crippen LogP contribution in [0.1, 0.15) is 31.9 Å². The van der Waals surface area contributed by atoms with Crippen LogP contribution in [0.4, 0.5) is 4.79 Å². The van der Waals surface area contributed by atoms with Crippen LogP contribution in [-0.4, -0.2) is 78.7 Å². The predicted molar refractivity (Wildman–Crippen MR) is 103 cm³/mol. The number of aromatic nitrogens is 1. The first kappa shape index (κ1) is 22.0. The van der Waals surface area contributed by atoms with Gasteiger partial charge in [0.1, 0.15) is 6.54 Å². The van der Waals surface area contributed by atoms with Crippen LogP contribution in [0.25, 0.3) is 0 Å². The van der Waals surface area contributed by atoms with E-state index in [-0.39, 0.29) is 18.5 Å². The third-order valence-corrected chi connectivity index (χ3v) is 4.29. The van der Waals surface area contributed by atoms with Gasteiger partial charge >= 0.3 is 6.03 Å². The van der Waals surface area contributed by atoms with Crippen molar-refractivity contribution in [2.45, 2.75) is 32.7 Å². The predicted octanol–water partition coefficient (Wildman–Crippen LogP) is 2.17. The molecule has 0 N–H and O–H groups in total. The van der Waals surface area contributed by atoms with Gasteiger partial charge in [-0.3, -0.25) is 4.79 Å². The minimum absolute atomic E-state index is 0.0210. The van der Waals surface area contributed by atoms with Crippen LogP contribution < -0.4 is 0 Å². The molecule has 0 spiro atoms. The molecule has 26 heavy (non-hydrogen) atoms. The number of aryl methyl sites for hydroxylation is 1. The number of unbranched alkanes of at least 4 members (excludes halogenated alkanes) is 1. The number of nitrogens with zero attached hydrogens (tertiary/aromatic N) is 4. The van der Waals surface area contributed by atoms with E-state index in [0.29, 0.717) is 32.7 Å². The molecule has 1 aromatic rings. The number of carbonyl (C=O) groups excluding carboxylic acids is 2. The van der Waals surface area contributed by atoms with Crippen molar-refractivity contribution in [1.29, 1.82) is 0 Å². The molecule has 0 aliphatic carbocycles. The van der Waals surface area contributed by atoms with Crippen molar-refractivity contribution in [1.82, 2.24) is 19.3 Å². The van der Waals surface area contributed by atoms with Gasteiger partial charge < -0.3 is 24.0 Å². The van der Waals surface area contributed by atoms with E-state index in [1.807, 2.05) is 34.8 Å². The molecule has 7 nitrogen and oxygen atoms in total. The van der Waals surface area contributed by atoms with Crippen molar-refractivity contribution in [3.05, 3.63) is 24.0 Å². The Morgan fingerprint density at radius 1 is 1.15 bits per heavy atom. The van der Waals surface area contributed by atoms with Crippen LogP contribution in [0.3, 0.4) is 0 Å². The lowest BCUT2D eigenvalue weighted by atomic mass is 10.2. The standard InChI is InChI=1S/C19H34N4O3/c1-6-7-12-22(15-17-10-8-11-21(17)4)18(24)16-23(13-9-14-26-5)19(25)20(2)3/h8,10-11H,6-7,9,12-16H2,1-5H3. The number of hydrogen-bond acceptors (Lipinski definition) is 3. The number of amides is 3. The van der Waals surface area contributed by atoms with E-state index in [9.17, 15) is 9.59 Å². The van der Waals surface area contributed by atoms with Gasteiger partial charge in [-0.25, -0.2) is 4.79 Å². The summed E-state index contributed by atoms with van der Waals surface area (Å²) in [5.74, 6) is -0.0210. The molecule has 0 saturated heterocycles. The Balaban J connectivity index is 2.81. The Hall–Kier alpha value is -2.02. The van der Waals surface area contributed by atoms with Crippen molar-refractivity contribution in [2.75, 3.05) is 47.4 Å². The van der Waals surface area contributed by atoms with E-state index in [4.69, 9.17) is 4.74 Å². The maximum atomic E-state index is 12.9. The minimum Gasteiger partial charge on any atom is -0.385 e. The highest BCUT2D eigenvalue weighted by atomic mass is 16.5. The van der Waals surface area contributed by atoms with Gasteiger partial charge in [0.05, 0.1) is 6.54 Å². The zero-order valence-electron chi connectivity index (χ0n) is 16.9. The van der Waals surface area contributed by atoms with Crippen LogP contribution in [0.15, 0.2) is 18.3 Å². The highest BCUT2D eigenvalue weighted by Crippen LogP contribution is 2.09. The summed E-state index contributed by atoms with van der Waals surface area (Å²) in [6, 6.07) is 3.85. The molecule has 0 radical (unpaired) electrons. The number of carbonyl (C=O) groups is 2. The number of urea groups is 1. The van der Waals surface area contributed by atoms with Crippen LogP contribution in [-0.2, 0) is 23.1 Å². The Morgan fingerprint density at radius 3 is 2.38 bits per heavy atom. The summed E-state index contributed by atoms with van der Waals surface area (Å²) in [4.78, 5) is 30.3. The highest BCUT2D eigenvalue weighted by Gasteiger charge is 2.22. The number of hydrogen-bond donors (Lipinski definition) is 0. The molecule has 0 aromatic carbocycles. The first-order chi connectivity index (χ1) is 12.4. The van der Waals surface area contributed by atoms with Crippen LogP contribution in [0.2, 0.25) is 0 Å². The fraction of sp³-hybridized carbons (Fsp3) is 0.684. The molecule has 0 aliphatic heterocycles. The van der Waals surface area contributed by atoms with Crippen molar-refractivity contribution < 1.29 is 14.3 Å². The summed E-state index contributed by atoms with van der Waals surface area (Å²) in [7, 11) is 7.02. The maximum absolute atomic E-state index is 12.9. The van der Waals surface area contributed by atoms with E-state index in [1.54, 1.807) is 26.1 Å². The number of methoxy groups -OCH3 is 1. The summed E-state index contributed by atoms with van der Waals surface area (Å²) >= 11 is 0. The molecule has 0 unspecified atom stereocenters. The van der Waals surface area contributed by atoms with Gasteiger partial charge in [-0.05, 0) is 25.0 Å². The summed E-state index contributed by atoms with van der Waals surface area (Å²) in [5, 5.41) is 0. The largest absolute Gasteiger partial charge is 0.385 e. The quantitative estimate of drug-likeness (QED) is 0.564. The lowest BCUT2D eigenvalue weighted by Crippen LogP contribution is -2.47. The molecule has 0 atom stereocenters. The van der Waals surface area contributed by atoms with Crippen molar-refractivity contribution >= 4 is 11.9 Å². The molecule has 0 bridgehead atoms. The molecule has 1 aromatic heterocycles. The third kappa shape index (κ3) is 7.07. The fourth-order valence-electron chi connectivity index (χ4n) is 2.69. The lowest BCUT2D eigenvalue weighted by molar-refractivity contribution is -0.132. The Kier molecular flexibility index (Phi) is 9.80. The van der Waals surface area contributed by atoms with E-state index in [2.05, 4.69) is 6.92 Å². The molecule has 0 fully saturated rings. The lowest BCUT2D eigenvalue weighted by Gasteiger charge is -2.29. The molecular formula is C19H34N4O3. The van der Waals surface area contributed by atoms with Gasteiger partial charge in [0.25, 0.3) is 0 Å². The average molecular weight is 367 g/mol. The number of rotatable bonds is 11. The highest BCUT2D eigenvalue weighted by molar-refractivity contribution is 5.84. The molecule has 1 rings (SSSR count). The van der Waals surface area contributed by atoms with Crippen molar-refractivity contribution in [3.63, 3.8) is 0 Å². The zero-order valence-corrected chi connectivity index (χ0v) is 16.9. The second kappa shape index (κ2) is 11.6. The minimum atomic E-state index is -0.149. The van der Waals surface area contributed by atoms with Gasteiger partial charge in [0.15, 0.2) is 0 Å². The normalized spacial score (nSPS) is 10.7. The first-order valence-corrected chi connectivity index (χ1v) is 9.23. The van der Waals surface area contributed by atoms with Gasteiger partial charge in [0.2, 0.25) is 5.91 Å². The molecular weight excluding hydrogens is 332 g/mol. The van der Waals surface area contributed by atoms with E-state index < -0.39 is 0 Å². The Labute approximate surface area is 157 Å². The SMILES string of the molecule is CCCCN(Cc1cccn1C)C(=O)CN(CCCOC)C(=O)N(C)C. The molecule has 3 amide bonds. The second-order valence-electron chi connectivity index (χ2n) is 6.72. The smallest absolute Gasteiger partial charge is 0.319 e. The fourth-order valence-corrected chi connectivity index (χ4v) is 2.69. The van der Waals surface area contributed by atoms with Gasteiger partial charge in [0, 0.05) is 59.8 Å². The van der Waals surface area contributed by atoms with Crippen molar-refractivity contribution in [2.24, 2.45) is 7.05 Å². The molecule has 0 saturated carbocycles. The maximum Gasteiger partial charge on any atom is 0.319 e. The monoisotopic (exact) mass is 366 g/mol. The zero-order chi connectivity index (χ0) is 19.5. The van der Waals surface area contributed by atoms with Crippen LogP contribution in [0.5, 0.6) is 0 Å². The summed E-state index contributed by atoms with van der Waals surface area (Å²) < 4.78 is 7.09. The average Bonchev–Trinajstić information content (AvgIpc) is 3.01. The number of ether oxygens (including phenoxy) is 1. The topological polar surface area (TPSA) is 58.0 Å². The van der Waals surface area contributed by atoms with Gasteiger partial charge in [-0.15, -0.1) is 0 Å². The summed E-state index contributed by atoms with van der Waals surface area (Å²) in [5.41, 5.74) is 1.08. The molecule has 0 aliphatic rings. The Morgan fingerprint density at radius 2 is 1.85 bits per heavy atom. The van der Waals surface area contributed by atoms with Gasteiger partial charge in [-0.1, -0.05) is 13.3 Å². The van der Waals surface area contributed by atoms with E-state index in [0.717, 1.165) is 18.5 Å². The third-order valence-electron chi connectivity index (χ3n) is 4.29. The Bertz CT molecular complexity index is 557. The van der Waals surface area contributed by atoms with E-state index >= 15 is 0 Å². The van der Waals surface area contributed by atoms with Crippen LogP contribution in [0, 0.1) is 0 Å². The molecule has 148 valence electrons. The van der Waals surface area contributed by atoms with Gasteiger partial charge in [-0.2, -0.15) is 0 Å². The summed E-state index contributed by atoms with van der Waals surface area (Å²) in [6.45, 7) is 4.52. The molecule has 7 heteroatoms. The second-order valence-corrected chi connectivity index (χ2v) is 6.72.